The van der Waals surface area contributed by atoms with Gasteiger partial charge >= 0.3 is 11.9 Å². The fraction of sp³-hybridized carbons (Fsp3) is 0.158. The SMILES string of the molecule is C=CC(=O)OCCCOc1ccc(C(=O)Oc2ccccc2)cc1. The van der Waals surface area contributed by atoms with Crippen molar-refractivity contribution in [3.05, 3.63) is 72.8 Å². The van der Waals surface area contributed by atoms with Gasteiger partial charge in [-0.1, -0.05) is 24.8 Å². The van der Waals surface area contributed by atoms with Gasteiger partial charge in [-0.2, -0.15) is 0 Å². The van der Waals surface area contributed by atoms with Crippen LogP contribution in [0.2, 0.25) is 0 Å². The zero-order valence-corrected chi connectivity index (χ0v) is 13.1. The lowest BCUT2D eigenvalue weighted by Crippen LogP contribution is -2.09. The number of carbonyl (C=O) groups is 2. The van der Waals surface area contributed by atoms with E-state index in [1.807, 2.05) is 6.07 Å². The lowest BCUT2D eigenvalue weighted by atomic mass is 10.2. The van der Waals surface area contributed by atoms with E-state index in [4.69, 9.17) is 14.2 Å². The third-order valence-electron chi connectivity index (χ3n) is 3.01. The maximum Gasteiger partial charge on any atom is 0.343 e. The minimum atomic E-state index is -0.448. The molecule has 0 aromatic heterocycles. The lowest BCUT2D eigenvalue weighted by Gasteiger charge is -2.07. The minimum absolute atomic E-state index is 0.270. The molecule has 0 aliphatic heterocycles. The number of hydrogen-bond acceptors (Lipinski definition) is 5. The molecule has 0 aliphatic carbocycles. The summed E-state index contributed by atoms with van der Waals surface area (Å²) in [6, 6.07) is 15.5. The maximum absolute atomic E-state index is 12.0. The first-order chi connectivity index (χ1) is 11.7. The molecule has 0 fully saturated rings. The molecule has 2 rings (SSSR count). The Morgan fingerprint density at radius 1 is 0.917 bits per heavy atom. The molecule has 2 aromatic rings. The van der Waals surface area contributed by atoms with Gasteiger partial charge in [-0.3, -0.25) is 0 Å². The van der Waals surface area contributed by atoms with E-state index in [9.17, 15) is 9.59 Å². The molecule has 24 heavy (non-hydrogen) atoms. The molecule has 0 bridgehead atoms. The molecule has 0 N–H and O–H groups in total. The first-order valence-electron chi connectivity index (χ1n) is 7.48. The molecule has 0 heterocycles. The van der Waals surface area contributed by atoms with Crippen LogP contribution >= 0.6 is 0 Å². The second-order valence-electron chi connectivity index (χ2n) is 4.80. The molecular weight excluding hydrogens is 308 g/mol. The van der Waals surface area contributed by atoms with Crippen LogP contribution in [-0.2, 0) is 9.53 Å². The molecule has 0 spiro atoms. The number of esters is 2. The average molecular weight is 326 g/mol. The van der Waals surface area contributed by atoms with Gasteiger partial charge in [0.05, 0.1) is 18.8 Å². The highest BCUT2D eigenvalue weighted by molar-refractivity contribution is 5.91. The zero-order chi connectivity index (χ0) is 17.2. The van der Waals surface area contributed by atoms with Crippen LogP contribution in [0.15, 0.2) is 67.3 Å². The largest absolute Gasteiger partial charge is 0.493 e. The number of rotatable bonds is 8. The number of para-hydroxylation sites is 1. The van der Waals surface area contributed by atoms with Gasteiger partial charge in [0, 0.05) is 12.5 Å². The van der Waals surface area contributed by atoms with Gasteiger partial charge in [0.2, 0.25) is 0 Å². The molecule has 0 saturated carbocycles. The lowest BCUT2D eigenvalue weighted by molar-refractivity contribution is -0.137. The van der Waals surface area contributed by atoms with Crippen molar-refractivity contribution in [2.24, 2.45) is 0 Å². The van der Waals surface area contributed by atoms with Crippen LogP contribution in [0.1, 0.15) is 16.8 Å². The summed E-state index contributed by atoms with van der Waals surface area (Å²) in [4.78, 5) is 22.8. The molecule has 0 atom stereocenters. The second kappa shape index (κ2) is 9.15. The summed E-state index contributed by atoms with van der Waals surface area (Å²) in [5.41, 5.74) is 0.436. The normalized spacial score (nSPS) is 9.83. The molecule has 0 radical (unpaired) electrons. The van der Waals surface area contributed by atoms with Crippen LogP contribution in [-0.4, -0.2) is 25.2 Å². The van der Waals surface area contributed by atoms with Gasteiger partial charge in [-0.15, -0.1) is 0 Å². The highest BCUT2D eigenvalue weighted by atomic mass is 16.5. The summed E-state index contributed by atoms with van der Waals surface area (Å²) in [7, 11) is 0. The Morgan fingerprint density at radius 2 is 1.62 bits per heavy atom. The number of benzene rings is 2. The van der Waals surface area contributed by atoms with Crippen molar-refractivity contribution in [1.82, 2.24) is 0 Å². The smallest absolute Gasteiger partial charge is 0.343 e. The number of ether oxygens (including phenoxy) is 3. The third kappa shape index (κ3) is 5.61. The Bertz CT molecular complexity index is 677. The van der Waals surface area contributed by atoms with Crippen LogP contribution < -0.4 is 9.47 Å². The average Bonchev–Trinajstić information content (AvgIpc) is 2.62. The van der Waals surface area contributed by atoms with E-state index in [0.717, 1.165) is 6.08 Å². The van der Waals surface area contributed by atoms with Crippen molar-refractivity contribution in [3.8, 4) is 11.5 Å². The van der Waals surface area contributed by atoms with E-state index in [2.05, 4.69) is 6.58 Å². The van der Waals surface area contributed by atoms with Crippen molar-refractivity contribution < 1.29 is 23.8 Å². The molecule has 0 saturated heterocycles. The quantitative estimate of drug-likeness (QED) is 0.322. The van der Waals surface area contributed by atoms with Crippen molar-refractivity contribution in [2.45, 2.75) is 6.42 Å². The van der Waals surface area contributed by atoms with E-state index in [1.54, 1.807) is 48.5 Å². The van der Waals surface area contributed by atoms with Crippen molar-refractivity contribution in [3.63, 3.8) is 0 Å². The summed E-state index contributed by atoms with van der Waals surface area (Å²) in [6.07, 6.45) is 1.69. The summed E-state index contributed by atoms with van der Waals surface area (Å²) in [5, 5.41) is 0. The van der Waals surface area contributed by atoms with Crippen LogP contribution in [0.25, 0.3) is 0 Å². The Hall–Kier alpha value is -3.08. The number of carbonyl (C=O) groups excluding carboxylic acids is 2. The Morgan fingerprint density at radius 3 is 2.29 bits per heavy atom. The Balaban J connectivity index is 1.77. The van der Waals surface area contributed by atoms with Gasteiger partial charge in [-0.25, -0.2) is 9.59 Å². The summed E-state index contributed by atoms with van der Waals surface area (Å²) >= 11 is 0. The maximum atomic E-state index is 12.0. The molecule has 0 aliphatic rings. The van der Waals surface area contributed by atoms with Gasteiger partial charge in [0.1, 0.15) is 11.5 Å². The molecule has 2 aromatic carbocycles. The van der Waals surface area contributed by atoms with E-state index in [-0.39, 0.29) is 6.61 Å². The van der Waals surface area contributed by atoms with E-state index >= 15 is 0 Å². The molecule has 5 heteroatoms. The fourth-order valence-electron chi connectivity index (χ4n) is 1.82. The number of hydrogen-bond donors (Lipinski definition) is 0. The van der Waals surface area contributed by atoms with Gasteiger partial charge in [0.25, 0.3) is 0 Å². The van der Waals surface area contributed by atoms with Crippen LogP contribution in [0.4, 0.5) is 0 Å². The summed E-state index contributed by atoms with van der Waals surface area (Å²) in [6.45, 7) is 3.98. The first-order valence-corrected chi connectivity index (χ1v) is 7.48. The van der Waals surface area contributed by atoms with E-state index in [1.165, 1.54) is 0 Å². The second-order valence-corrected chi connectivity index (χ2v) is 4.80. The molecule has 5 nitrogen and oxygen atoms in total. The van der Waals surface area contributed by atoms with Gasteiger partial charge in [-0.05, 0) is 36.4 Å². The van der Waals surface area contributed by atoms with Crippen LogP contribution in [0.5, 0.6) is 11.5 Å². The highest BCUT2D eigenvalue weighted by Crippen LogP contribution is 2.15. The topological polar surface area (TPSA) is 61.8 Å². The molecule has 124 valence electrons. The molecular formula is C19H18O5. The first kappa shape index (κ1) is 17.3. The standard InChI is InChI=1S/C19H18O5/c1-2-18(20)23-14-6-13-22-16-11-9-15(10-12-16)19(21)24-17-7-4-3-5-8-17/h2-5,7-12H,1,6,13-14H2. The highest BCUT2D eigenvalue weighted by Gasteiger charge is 2.08. The van der Waals surface area contributed by atoms with E-state index < -0.39 is 11.9 Å². The zero-order valence-electron chi connectivity index (χ0n) is 13.1. The fourth-order valence-corrected chi connectivity index (χ4v) is 1.82. The van der Waals surface area contributed by atoms with Crippen molar-refractivity contribution in [1.29, 1.82) is 0 Å². The minimum Gasteiger partial charge on any atom is -0.493 e. The Kier molecular flexibility index (Phi) is 6.58. The van der Waals surface area contributed by atoms with Crippen molar-refractivity contribution >= 4 is 11.9 Å². The van der Waals surface area contributed by atoms with Crippen LogP contribution in [0.3, 0.4) is 0 Å². The van der Waals surface area contributed by atoms with E-state index in [0.29, 0.717) is 30.1 Å². The third-order valence-corrected chi connectivity index (χ3v) is 3.01. The predicted molar refractivity (Wildman–Crippen MR) is 89.1 cm³/mol. The van der Waals surface area contributed by atoms with Crippen molar-refractivity contribution in [2.75, 3.05) is 13.2 Å². The van der Waals surface area contributed by atoms with Gasteiger partial charge in [0.15, 0.2) is 0 Å². The van der Waals surface area contributed by atoms with Crippen LogP contribution in [0, 0.1) is 0 Å². The molecule has 0 amide bonds. The Labute approximate surface area is 140 Å². The summed E-state index contributed by atoms with van der Waals surface area (Å²) < 4.78 is 15.6. The summed E-state index contributed by atoms with van der Waals surface area (Å²) in [5.74, 6) is 0.249. The monoisotopic (exact) mass is 326 g/mol. The molecule has 0 unspecified atom stereocenters. The van der Waals surface area contributed by atoms with Gasteiger partial charge < -0.3 is 14.2 Å². The predicted octanol–water partition coefficient (Wildman–Crippen LogP) is 3.40.